The highest BCUT2D eigenvalue weighted by molar-refractivity contribution is 6.30. The molecule has 3 aliphatic rings. The Kier molecular flexibility index (Phi) is 5.92. The van der Waals surface area contributed by atoms with E-state index in [1.165, 1.54) is 5.56 Å². The second-order valence-corrected chi connectivity index (χ2v) is 9.38. The van der Waals surface area contributed by atoms with Crippen molar-refractivity contribution >= 4 is 17.5 Å². The molecular weight excluding hydrogens is 398 g/mol. The molecule has 5 rings (SSSR count). The molecule has 0 aliphatic carbocycles. The number of aliphatic hydroxyl groups is 1. The first-order chi connectivity index (χ1) is 14.7. The Morgan fingerprint density at radius 2 is 1.70 bits per heavy atom. The van der Waals surface area contributed by atoms with Gasteiger partial charge in [0.05, 0.1) is 6.10 Å². The van der Waals surface area contributed by atoms with Crippen molar-refractivity contribution in [1.29, 1.82) is 0 Å². The smallest absolute Gasteiger partial charge is 0.225 e. The third kappa shape index (κ3) is 4.33. The number of hydrogen-bond acceptors (Lipinski definition) is 6. The summed E-state index contributed by atoms with van der Waals surface area (Å²) in [4.78, 5) is 16.4. The fraction of sp³-hybridized carbons (Fsp3) is 0.565. The summed E-state index contributed by atoms with van der Waals surface area (Å²) in [6, 6.07) is 11.7. The maximum absolute atomic E-state index is 10.2. The average Bonchev–Trinajstić information content (AvgIpc) is 3.14. The highest BCUT2D eigenvalue weighted by Gasteiger charge is 2.42. The molecule has 0 unspecified atom stereocenters. The van der Waals surface area contributed by atoms with Gasteiger partial charge < -0.3 is 10.0 Å². The summed E-state index contributed by atoms with van der Waals surface area (Å²) < 4.78 is 0. The van der Waals surface area contributed by atoms with E-state index in [1.807, 2.05) is 30.6 Å². The Morgan fingerprint density at radius 3 is 2.43 bits per heavy atom. The normalized spacial score (nSPS) is 28.6. The van der Waals surface area contributed by atoms with Gasteiger partial charge in [0.25, 0.3) is 0 Å². The number of aliphatic hydroxyl groups excluding tert-OH is 1. The van der Waals surface area contributed by atoms with Crippen LogP contribution in [0.3, 0.4) is 0 Å². The number of anilines is 1. The van der Waals surface area contributed by atoms with Crippen LogP contribution in [-0.4, -0.2) is 81.8 Å². The van der Waals surface area contributed by atoms with Crippen LogP contribution in [0.5, 0.6) is 0 Å². The first kappa shape index (κ1) is 20.2. The molecule has 0 bridgehead atoms. The highest BCUT2D eigenvalue weighted by Crippen LogP contribution is 2.31. The van der Waals surface area contributed by atoms with Crippen molar-refractivity contribution in [3.8, 4) is 0 Å². The SMILES string of the molecule is O[C@@H]1C[C@H]2CN(C3CCN(c4ncccn4)CC3)[C@@H](Cc3ccc(Cl)cc3)CN2C1. The molecule has 30 heavy (non-hydrogen) atoms. The molecule has 0 radical (unpaired) electrons. The Labute approximate surface area is 183 Å². The fourth-order valence-corrected chi connectivity index (χ4v) is 5.64. The molecular formula is C23H30ClN5O. The van der Waals surface area contributed by atoms with Crippen LogP contribution in [0, 0.1) is 0 Å². The molecule has 1 aromatic carbocycles. The highest BCUT2D eigenvalue weighted by atomic mass is 35.5. The standard InChI is InChI=1S/C23H30ClN5O/c24-18-4-2-17(3-5-18)12-21-14-28-16-22(30)13-20(28)15-29(21)19-6-10-27(11-7-19)23-25-8-1-9-26-23/h1-5,8-9,19-22,30H,6-7,10-16H2/t20-,21-,22+/m0/s1. The minimum Gasteiger partial charge on any atom is -0.392 e. The molecule has 160 valence electrons. The van der Waals surface area contributed by atoms with Crippen molar-refractivity contribution in [2.45, 2.75) is 49.9 Å². The molecule has 3 atom stereocenters. The number of aromatic nitrogens is 2. The number of halogens is 1. The number of fused-ring (bicyclic) bond motifs is 1. The minimum absolute atomic E-state index is 0.178. The van der Waals surface area contributed by atoms with Crippen molar-refractivity contribution in [3.63, 3.8) is 0 Å². The molecule has 6 nitrogen and oxygen atoms in total. The molecule has 3 aliphatic heterocycles. The molecule has 2 aromatic rings. The zero-order chi connectivity index (χ0) is 20.5. The van der Waals surface area contributed by atoms with E-state index >= 15 is 0 Å². The van der Waals surface area contributed by atoms with Crippen LogP contribution in [-0.2, 0) is 6.42 Å². The van der Waals surface area contributed by atoms with Gasteiger partial charge in [0.15, 0.2) is 0 Å². The summed E-state index contributed by atoms with van der Waals surface area (Å²) >= 11 is 6.10. The van der Waals surface area contributed by atoms with E-state index in [2.05, 4.69) is 36.8 Å². The quantitative estimate of drug-likeness (QED) is 0.808. The van der Waals surface area contributed by atoms with E-state index < -0.39 is 0 Å². The molecule has 1 aromatic heterocycles. The van der Waals surface area contributed by atoms with E-state index in [4.69, 9.17) is 11.6 Å². The van der Waals surface area contributed by atoms with Crippen LogP contribution >= 0.6 is 11.6 Å². The van der Waals surface area contributed by atoms with Gasteiger partial charge in [0.2, 0.25) is 5.95 Å². The number of hydrogen-bond donors (Lipinski definition) is 1. The largest absolute Gasteiger partial charge is 0.392 e. The zero-order valence-corrected chi connectivity index (χ0v) is 18.0. The molecule has 3 saturated heterocycles. The average molecular weight is 428 g/mol. The van der Waals surface area contributed by atoms with Crippen molar-refractivity contribution in [1.82, 2.24) is 19.8 Å². The molecule has 1 N–H and O–H groups in total. The second kappa shape index (κ2) is 8.79. The molecule has 0 spiro atoms. The van der Waals surface area contributed by atoms with E-state index in [0.717, 1.165) is 69.4 Å². The number of nitrogens with zero attached hydrogens (tertiary/aromatic N) is 5. The summed E-state index contributed by atoms with van der Waals surface area (Å²) in [7, 11) is 0. The molecule has 0 amide bonds. The maximum atomic E-state index is 10.2. The second-order valence-electron chi connectivity index (χ2n) is 8.95. The van der Waals surface area contributed by atoms with Crippen molar-refractivity contribution < 1.29 is 5.11 Å². The van der Waals surface area contributed by atoms with Crippen molar-refractivity contribution in [3.05, 3.63) is 53.3 Å². The minimum atomic E-state index is -0.178. The predicted molar refractivity (Wildman–Crippen MR) is 119 cm³/mol. The lowest BCUT2D eigenvalue weighted by atomic mass is 9.94. The topological polar surface area (TPSA) is 55.7 Å². The number of rotatable bonds is 4. The summed E-state index contributed by atoms with van der Waals surface area (Å²) in [5.41, 5.74) is 1.34. The lowest BCUT2D eigenvalue weighted by Gasteiger charge is -2.49. The van der Waals surface area contributed by atoms with Gasteiger partial charge in [-0.25, -0.2) is 9.97 Å². The van der Waals surface area contributed by atoms with Crippen LogP contribution in [0.2, 0.25) is 5.02 Å². The van der Waals surface area contributed by atoms with E-state index in [9.17, 15) is 5.11 Å². The van der Waals surface area contributed by atoms with E-state index in [1.54, 1.807) is 0 Å². The Morgan fingerprint density at radius 1 is 0.967 bits per heavy atom. The van der Waals surface area contributed by atoms with Crippen molar-refractivity contribution in [2.24, 2.45) is 0 Å². The van der Waals surface area contributed by atoms with E-state index in [-0.39, 0.29) is 6.10 Å². The third-order valence-electron chi connectivity index (χ3n) is 6.99. The van der Waals surface area contributed by atoms with Crippen LogP contribution < -0.4 is 4.90 Å². The lowest BCUT2D eigenvalue weighted by Crippen LogP contribution is -2.61. The van der Waals surface area contributed by atoms with Gasteiger partial charge in [-0.2, -0.15) is 0 Å². The Balaban J connectivity index is 1.29. The van der Waals surface area contributed by atoms with Gasteiger partial charge in [0, 0.05) is 68.3 Å². The molecule has 3 fully saturated rings. The molecule has 4 heterocycles. The van der Waals surface area contributed by atoms with Crippen LogP contribution in [0.25, 0.3) is 0 Å². The van der Waals surface area contributed by atoms with Gasteiger partial charge in [-0.15, -0.1) is 0 Å². The fourth-order valence-electron chi connectivity index (χ4n) is 5.51. The first-order valence-corrected chi connectivity index (χ1v) is 11.5. The van der Waals surface area contributed by atoms with Gasteiger partial charge in [-0.3, -0.25) is 9.80 Å². The molecule has 7 heteroatoms. The Bertz CT molecular complexity index is 827. The lowest BCUT2D eigenvalue weighted by molar-refractivity contribution is 0.0121. The van der Waals surface area contributed by atoms with Crippen LogP contribution in [0.15, 0.2) is 42.7 Å². The predicted octanol–water partition coefficient (Wildman–Crippen LogP) is 2.46. The summed E-state index contributed by atoms with van der Waals surface area (Å²) in [5, 5.41) is 11.0. The zero-order valence-electron chi connectivity index (χ0n) is 17.3. The summed E-state index contributed by atoms with van der Waals surface area (Å²) in [6.07, 6.45) is 7.65. The van der Waals surface area contributed by atoms with Gasteiger partial charge >= 0.3 is 0 Å². The summed E-state index contributed by atoms with van der Waals surface area (Å²) in [6.45, 7) is 4.90. The van der Waals surface area contributed by atoms with Gasteiger partial charge in [-0.1, -0.05) is 23.7 Å². The number of piperazine rings is 1. The Hall–Kier alpha value is -1.73. The van der Waals surface area contributed by atoms with Gasteiger partial charge in [0.1, 0.15) is 0 Å². The maximum Gasteiger partial charge on any atom is 0.225 e. The van der Waals surface area contributed by atoms with E-state index in [0.29, 0.717) is 18.1 Å². The number of benzene rings is 1. The van der Waals surface area contributed by atoms with Gasteiger partial charge in [-0.05, 0) is 49.4 Å². The van der Waals surface area contributed by atoms with Crippen molar-refractivity contribution in [2.75, 3.05) is 37.6 Å². The summed E-state index contributed by atoms with van der Waals surface area (Å²) in [5.74, 6) is 0.845. The van der Waals surface area contributed by atoms with Crippen LogP contribution in [0.1, 0.15) is 24.8 Å². The first-order valence-electron chi connectivity index (χ1n) is 11.1. The number of piperidine rings is 1. The monoisotopic (exact) mass is 427 g/mol. The van der Waals surface area contributed by atoms with Crippen LogP contribution in [0.4, 0.5) is 5.95 Å². The molecule has 0 saturated carbocycles. The third-order valence-corrected chi connectivity index (χ3v) is 7.25.